The molecule has 0 saturated heterocycles. The smallest absolute Gasteiger partial charge is 0.251 e. The molecule has 0 bridgehead atoms. The quantitative estimate of drug-likeness (QED) is 0.688. The molecule has 20 heavy (non-hydrogen) atoms. The fourth-order valence-corrected chi connectivity index (χ4v) is 2.40. The molecular weight excluding hydrogens is 270 g/mol. The molecule has 0 atom stereocenters. The van der Waals surface area contributed by atoms with Crippen LogP contribution in [-0.2, 0) is 6.42 Å². The molecule has 5 heteroatoms. The standard InChI is InChI=1S/C15H25N3OS/c1-4-7-13-10-12(11-14(16-2)18-13)15(19)17-8-5-6-9-20-3/h10-11H,4-9H2,1-3H3,(H,16,18)(H,17,19). The van der Waals surface area contributed by atoms with Crippen molar-refractivity contribution in [2.75, 3.05) is 30.9 Å². The Balaban J connectivity index is 2.59. The second-order valence-corrected chi connectivity index (χ2v) is 5.67. The summed E-state index contributed by atoms with van der Waals surface area (Å²) in [5, 5.41) is 5.99. The summed E-state index contributed by atoms with van der Waals surface area (Å²) in [5.41, 5.74) is 1.66. The lowest BCUT2D eigenvalue weighted by Gasteiger charge is -2.09. The van der Waals surface area contributed by atoms with Crippen molar-refractivity contribution in [3.63, 3.8) is 0 Å². The van der Waals surface area contributed by atoms with Crippen molar-refractivity contribution in [3.8, 4) is 0 Å². The Hall–Kier alpha value is -1.23. The van der Waals surface area contributed by atoms with Crippen molar-refractivity contribution >= 4 is 23.5 Å². The first kappa shape index (κ1) is 16.8. The number of aromatic nitrogens is 1. The van der Waals surface area contributed by atoms with E-state index < -0.39 is 0 Å². The summed E-state index contributed by atoms with van der Waals surface area (Å²) in [6.45, 7) is 2.85. The third kappa shape index (κ3) is 5.82. The van der Waals surface area contributed by atoms with Gasteiger partial charge in [-0.05, 0) is 43.4 Å². The summed E-state index contributed by atoms with van der Waals surface area (Å²) < 4.78 is 0. The Morgan fingerprint density at radius 3 is 2.80 bits per heavy atom. The topological polar surface area (TPSA) is 54.0 Å². The summed E-state index contributed by atoms with van der Waals surface area (Å²) in [6, 6.07) is 3.69. The molecule has 4 nitrogen and oxygen atoms in total. The molecule has 1 aromatic rings. The molecule has 0 unspecified atom stereocenters. The van der Waals surface area contributed by atoms with Gasteiger partial charge in [-0.25, -0.2) is 4.98 Å². The Labute approximate surface area is 126 Å². The van der Waals surface area contributed by atoms with Gasteiger partial charge in [0.05, 0.1) is 0 Å². The van der Waals surface area contributed by atoms with Gasteiger partial charge >= 0.3 is 0 Å². The van der Waals surface area contributed by atoms with Crippen LogP contribution in [0.1, 0.15) is 42.2 Å². The zero-order chi connectivity index (χ0) is 14.8. The third-order valence-electron chi connectivity index (χ3n) is 2.96. The number of nitrogens with one attached hydrogen (secondary N) is 2. The molecular formula is C15H25N3OS. The zero-order valence-electron chi connectivity index (χ0n) is 12.7. The number of nitrogens with zero attached hydrogens (tertiary/aromatic N) is 1. The zero-order valence-corrected chi connectivity index (χ0v) is 13.5. The van der Waals surface area contributed by atoms with E-state index in [2.05, 4.69) is 28.8 Å². The number of unbranched alkanes of at least 4 members (excludes halogenated alkanes) is 1. The number of carbonyl (C=O) groups is 1. The van der Waals surface area contributed by atoms with Crippen LogP contribution in [0.25, 0.3) is 0 Å². The molecule has 2 N–H and O–H groups in total. The van der Waals surface area contributed by atoms with Gasteiger partial charge < -0.3 is 10.6 Å². The fourth-order valence-electron chi connectivity index (χ4n) is 1.91. The molecule has 0 aromatic carbocycles. The molecule has 0 aliphatic carbocycles. The Morgan fingerprint density at radius 2 is 2.15 bits per heavy atom. The summed E-state index contributed by atoms with van der Waals surface area (Å²) in [4.78, 5) is 16.6. The largest absolute Gasteiger partial charge is 0.373 e. The molecule has 0 fully saturated rings. The number of aryl methyl sites for hydroxylation is 1. The molecule has 1 rings (SSSR count). The summed E-state index contributed by atoms with van der Waals surface area (Å²) in [5.74, 6) is 1.89. The lowest BCUT2D eigenvalue weighted by molar-refractivity contribution is 0.0953. The van der Waals surface area contributed by atoms with E-state index in [-0.39, 0.29) is 5.91 Å². The van der Waals surface area contributed by atoms with Gasteiger partial charge in [0, 0.05) is 24.8 Å². The van der Waals surface area contributed by atoms with Gasteiger partial charge in [-0.15, -0.1) is 0 Å². The SMILES string of the molecule is CCCc1cc(C(=O)NCCCCSC)cc(NC)n1. The van der Waals surface area contributed by atoms with E-state index in [0.717, 1.165) is 49.5 Å². The van der Waals surface area contributed by atoms with Gasteiger partial charge in [-0.3, -0.25) is 4.79 Å². The average Bonchev–Trinajstić information content (AvgIpc) is 2.46. The van der Waals surface area contributed by atoms with Gasteiger partial charge in [0.1, 0.15) is 5.82 Å². The maximum atomic E-state index is 12.1. The van der Waals surface area contributed by atoms with E-state index in [9.17, 15) is 4.79 Å². The Kier molecular flexibility index (Phi) is 8.11. The number of rotatable bonds is 9. The van der Waals surface area contributed by atoms with Crippen molar-refractivity contribution in [3.05, 3.63) is 23.4 Å². The van der Waals surface area contributed by atoms with Crippen molar-refractivity contribution in [2.24, 2.45) is 0 Å². The molecule has 0 aliphatic heterocycles. The molecule has 0 radical (unpaired) electrons. The fraction of sp³-hybridized carbons (Fsp3) is 0.600. The number of carbonyl (C=O) groups excluding carboxylic acids is 1. The van der Waals surface area contributed by atoms with Crippen molar-refractivity contribution in [2.45, 2.75) is 32.6 Å². The first-order valence-corrected chi connectivity index (χ1v) is 8.56. The lowest BCUT2D eigenvalue weighted by atomic mass is 10.1. The van der Waals surface area contributed by atoms with Gasteiger partial charge in [0.25, 0.3) is 5.91 Å². The minimum absolute atomic E-state index is 0.00888. The average molecular weight is 295 g/mol. The van der Waals surface area contributed by atoms with E-state index in [1.807, 2.05) is 24.9 Å². The molecule has 0 spiro atoms. The van der Waals surface area contributed by atoms with Crippen molar-refractivity contribution in [1.29, 1.82) is 0 Å². The Morgan fingerprint density at radius 1 is 1.35 bits per heavy atom. The number of thioether (sulfide) groups is 1. The molecule has 0 saturated carbocycles. The van der Waals surface area contributed by atoms with Gasteiger partial charge in [0.15, 0.2) is 0 Å². The second kappa shape index (κ2) is 9.64. The van der Waals surface area contributed by atoms with Crippen LogP contribution < -0.4 is 10.6 Å². The van der Waals surface area contributed by atoms with Gasteiger partial charge in [-0.1, -0.05) is 13.3 Å². The van der Waals surface area contributed by atoms with Crippen LogP contribution in [0.4, 0.5) is 5.82 Å². The first-order valence-electron chi connectivity index (χ1n) is 7.17. The number of anilines is 1. The van der Waals surface area contributed by atoms with Crippen LogP contribution in [0.15, 0.2) is 12.1 Å². The lowest BCUT2D eigenvalue weighted by Crippen LogP contribution is -2.25. The van der Waals surface area contributed by atoms with Crippen LogP contribution in [-0.4, -0.2) is 36.5 Å². The Bertz CT molecular complexity index is 424. The van der Waals surface area contributed by atoms with Crippen LogP contribution in [0.3, 0.4) is 0 Å². The van der Waals surface area contributed by atoms with Gasteiger partial charge in [-0.2, -0.15) is 11.8 Å². The number of pyridine rings is 1. The van der Waals surface area contributed by atoms with Crippen LogP contribution in [0.5, 0.6) is 0 Å². The highest BCUT2D eigenvalue weighted by atomic mass is 32.2. The van der Waals surface area contributed by atoms with Crippen LogP contribution >= 0.6 is 11.8 Å². The van der Waals surface area contributed by atoms with Crippen LogP contribution in [0, 0.1) is 0 Å². The van der Waals surface area contributed by atoms with Crippen molar-refractivity contribution in [1.82, 2.24) is 10.3 Å². The highest BCUT2D eigenvalue weighted by molar-refractivity contribution is 7.98. The normalized spacial score (nSPS) is 10.3. The van der Waals surface area contributed by atoms with Gasteiger partial charge in [0.2, 0.25) is 0 Å². The summed E-state index contributed by atoms with van der Waals surface area (Å²) in [6.07, 6.45) is 6.18. The number of hydrogen-bond donors (Lipinski definition) is 2. The molecule has 1 aromatic heterocycles. The van der Waals surface area contributed by atoms with Crippen LogP contribution in [0.2, 0.25) is 0 Å². The predicted octanol–water partition coefficient (Wildman–Crippen LogP) is 2.95. The molecule has 112 valence electrons. The third-order valence-corrected chi connectivity index (χ3v) is 3.66. The van der Waals surface area contributed by atoms with Crippen molar-refractivity contribution < 1.29 is 4.79 Å². The maximum Gasteiger partial charge on any atom is 0.251 e. The number of hydrogen-bond acceptors (Lipinski definition) is 4. The highest BCUT2D eigenvalue weighted by Gasteiger charge is 2.08. The number of amides is 1. The van der Waals surface area contributed by atoms with E-state index >= 15 is 0 Å². The first-order chi connectivity index (χ1) is 9.71. The summed E-state index contributed by atoms with van der Waals surface area (Å²) >= 11 is 1.84. The maximum absolute atomic E-state index is 12.1. The van der Waals surface area contributed by atoms with E-state index in [1.165, 1.54) is 0 Å². The molecule has 1 amide bonds. The monoisotopic (exact) mass is 295 g/mol. The minimum atomic E-state index is -0.00888. The van der Waals surface area contributed by atoms with E-state index in [0.29, 0.717) is 5.56 Å². The molecule has 0 aliphatic rings. The second-order valence-electron chi connectivity index (χ2n) is 4.69. The molecule has 1 heterocycles. The van der Waals surface area contributed by atoms with E-state index in [4.69, 9.17) is 0 Å². The minimum Gasteiger partial charge on any atom is -0.373 e. The summed E-state index contributed by atoms with van der Waals surface area (Å²) in [7, 11) is 1.82. The highest BCUT2D eigenvalue weighted by Crippen LogP contribution is 2.12. The predicted molar refractivity (Wildman–Crippen MR) is 87.7 cm³/mol. The van der Waals surface area contributed by atoms with E-state index in [1.54, 1.807) is 6.07 Å².